The van der Waals surface area contributed by atoms with Crippen LogP contribution in [0.15, 0.2) is 66.7 Å². The third kappa shape index (κ3) is 4.43. The number of halogens is 1. The van der Waals surface area contributed by atoms with E-state index in [1.165, 1.54) is 37.1 Å². The van der Waals surface area contributed by atoms with Crippen LogP contribution in [0.2, 0.25) is 0 Å². The van der Waals surface area contributed by atoms with Crippen molar-refractivity contribution >= 4 is 22.3 Å². The van der Waals surface area contributed by atoms with Crippen LogP contribution in [0, 0.1) is 12.7 Å². The van der Waals surface area contributed by atoms with Crippen molar-refractivity contribution in [3.05, 3.63) is 83.8 Å². The maximum atomic E-state index is 13.8. The summed E-state index contributed by atoms with van der Waals surface area (Å²) in [6.45, 7) is 6.19. The van der Waals surface area contributed by atoms with Gasteiger partial charge in [0.05, 0.1) is 5.52 Å². The molecule has 2 heterocycles. The van der Waals surface area contributed by atoms with Crippen molar-refractivity contribution in [2.24, 2.45) is 0 Å². The van der Waals surface area contributed by atoms with Crippen LogP contribution < -0.4 is 15.4 Å². The highest BCUT2D eigenvalue weighted by atomic mass is 19.1. The molecular formula is C29H30FN3O. The summed E-state index contributed by atoms with van der Waals surface area (Å²) in [5, 5.41) is 1.06. The summed E-state index contributed by atoms with van der Waals surface area (Å²) in [6.07, 6.45) is 3.45. The summed E-state index contributed by atoms with van der Waals surface area (Å²) in [5.41, 5.74) is 12.6. The van der Waals surface area contributed by atoms with Crippen molar-refractivity contribution in [1.29, 1.82) is 0 Å². The van der Waals surface area contributed by atoms with Gasteiger partial charge in [-0.15, -0.1) is 0 Å². The number of piperidine rings is 1. The Hall–Kier alpha value is -3.60. The number of nitrogens with zero attached hydrogens (tertiary/aromatic N) is 2. The third-order valence-electron chi connectivity index (χ3n) is 6.65. The van der Waals surface area contributed by atoms with Crippen molar-refractivity contribution in [1.82, 2.24) is 4.98 Å². The summed E-state index contributed by atoms with van der Waals surface area (Å²) in [4.78, 5) is 7.40. The van der Waals surface area contributed by atoms with Crippen LogP contribution in [0.5, 0.6) is 5.75 Å². The van der Waals surface area contributed by atoms with E-state index in [1.54, 1.807) is 0 Å². The zero-order valence-corrected chi connectivity index (χ0v) is 19.7. The first-order valence-electron chi connectivity index (χ1n) is 12.0. The fraction of sp³-hybridized carbons (Fsp3) is 0.276. The molecule has 174 valence electrons. The molecule has 1 atom stereocenters. The zero-order valence-electron chi connectivity index (χ0n) is 19.7. The highest BCUT2D eigenvalue weighted by Crippen LogP contribution is 2.39. The van der Waals surface area contributed by atoms with E-state index in [2.05, 4.69) is 23.1 Å². The van der Waals surface area contributed by atoms with Crippen LogP contribution in [0.4, 0.5) is 15.8 Å². The van der Waals surface area contributed by atoms with Gasteiger partial charge in [-0.3, -0.25) is 4.98 Å². The average molecular weight is 456 g/mol. The number of aryl methyl sites for hydroxylation is 1. The molecule has 2 N–H and O–H groups in total. The van der Waals surface area contributed by atoms with Gasteiger partial charge in [0.2, 0.25) is 0 Å². The van der Waals surface area contributed by atoms with E-state index in [4.69, 9.17) is 15.5 Å². The molecule has 0 bridgehead atoms. The first-order chi connectivity index (χ1) is 16.5. The molecule has 1 unspecified atom stereocenters. The Morgan fingerprint density at radius 1 is 0.941 bits per heavy atom. The van der Waals surface area contributed by atoms with Crippen molar-refractivity contribution in [3.8, 4) is 16.9 Å². The molecule has 5 heteroatoms. The Morgan fingerprint density at radius 3 is 2.35 bits per heavy atom. The number of pyridine rings is 1. The summed E-state index contributed by atoms with van der Waals surface area (Å²) >= 11 is 0. The zero-order chi connectivity index (χ0) is 23.7. The van der Waals surface area contributed by atoms with E-state index in [-0.39, 0.29) is 11.9 Å². The van der Waals surface area contributed by atoms with E-state index in [0.717, 1.165) is 52.1 Å². The highest BCUT2D eigenvalue weighted by molar-refractivity contribution is 5.98. The predicted molar refractivity (Wildman–Crippen MR) is 138 cm³/mol. The Bertz CT molecular complexity index is 1300. The van der Waals surface area contributed by atoms with Crippen LogP contribution in [0.3, 0.4) is 0 Å². The number of rotatable bonds is 5. The molecule has 0 aliphatic carbocycles. The van der Waals surface area contributed by atoms with Gasteiger partial charge in [-0.2, -0.15) is 0 Å². The number of hydrogen-bond acceptors (Lipinski definition) is 4. The van der Waals surface area contributed by atoms with E-state index in [1.807, 2.05) is 50.2 Å². The molecule has 1 aliphatic rings. The van der Waals surface area contributed by atoms with Crippen molar-refractivity contribution in [3.63, 3.8) is 0 Å². The second-order valence-electron chi connectivity index (χ2n) is 9.07. The van der Waals surface area contributed by atoms with E-state index >= 15 is 0 Å². The molecule has 0 amide bonds. The van der Waals surface area contributed by atoms with Crippen LogP contribution in [0.25, 0.3) is 22.0 Å². The Labute approximate surface area is 200 Å². The highest BCUT2D eigenvalue weighted by Gasteiger charge is 2.22. The molecule has 1 aromatic heterocycles. The molecule has 4 nitrogen and oxygen atoms in total. The molecule has 3 aromatic carbocycles. The molecule has 1 saturated heterocycles. The summed E-state index contributed by atoms with van der Waals surface area (Å²) in [6, 6.07) is 20.7. The minimum absolute atomic E-state index is 0.249. The number of nitrogen functional groups attached to an aromatic ring is 1. The second kappa shape index (κ2) is 9.34. The Kier molecular flexibility index (Phi) is 6.10. The normalized spacial score (nSPS) is 14.9. The fourth-order valence-electron chi connectivity index (χ4n) is 4.97. The van der Waals surface area contributed by atoms with Gasteiger partial charge in [-0.05, 0) is 98.8 Å². The molecule has 5 rings (SSSR count). The van der Waals surface area contributed by atoms with Gasteiger partial charge in [0.25, 0.3) is 0 Å². The van der Waals surface area contributed by atoms with E-state index < -0.39 is 0 Å². The Morgan fingerprint density at radius 2 is 1.65 bits per heavy atom. The minimum Gasteiger partial charge on any atom is -0.486 e. The lowest BCUT2D eigenvalue weighted by Gasteiger charge is -2.29. The number of fused-ring (bicyclic) bond motifs is 1. The van der Waals surface area contributed by atoms with E-state index in [0.29, 0.717) is 5.69 Å². The first-order valence-corrected chi connectivity index (χ1v) is 12.0. The minimum atomic E-state index is -0.265. The predicted octanol–water partition coefficient (Wildman–Crippen LogP) is 7.06. The number of hydrogen-bond donors (Lipinski definition) is 1. The van der Waals surface area contributed by atoms with Crippen LogP contribution >= 0.6 is 0 Å². The molecule has 0 spiro atoms. The quantitative estimate of drug-likeness (QED) is 0.327. The number of nitrogens with two attached hydrogens (primary N) is 1. The maximum Gasteiger partial charge on any atom is 0.123 e. The van der Waals surface area contributed by atoms with Gasteiger partial charge in [0.1, 0.15) is 17.7 Å². The average Bonchev–Trinajstić information content (AvgIpc) is 2.85. The molecular weight excluding hydrogens is 425 g/mol. The SMILES string of the molecule is Cc1nc2ccc(N3CCCCC3)cc2c(-c2ccc(F)cc2)c1C(C)Oc1ccc(N)cc1. The second-order valence-corrected chi connectivity index (χ2v) is 9.07. The number of benzene rings is 3. The number of aromatic nitrogens is 1. The maximum absolute atomic E-state index is 13.8. The van der Waals surface area contributed by atoms with Gasteiger partial charge in [0, 0.05) is 41.1 Å². The molecule has 1 fully saturated rings. The lowest BCUT2D eigenvalue weighted by Crippen LogP contribution is -2.29. The van der Waals surface area contributed by atoms with Gasteiger partial charge >= 0.3 is 0 Å². The molecule has 34 heavy (non-hydrogen) atoms. The molecule has 4 aromatic rings. The Balaban J connectivity index is 1.67. The largest absolute Gasteiger partial charge is 0.486 e. The smallest absolute Gasteiger partial charge is 0.123 e. The lowest BCUT2D eigenvalue weighted by atomic mass is 9.91. The number of ether oxygens (including phenoxy) is 1. The summed E-state index contributed by atoms with van der Waals surface area (Å²) < 4.78 is 20.2. The monoisotopic (exact) mass is 455 g/mol. The van der Waals surface area contributed by atoms with Crippen LogP contribution in [-0.4, -0.2) is 18.1 Å². The molecule has 1 aliphatic heterocycles. The van der Waals surface area contributed by atoms with Crippen molar-refractivity contribution in [2.75, 3.05) is 23.7 Å². The van der Waals surface area contributed by atoms with Crippen molar-refractivity contribution in [2.45, 2.75) is 39.2 Å². The van der Waals surface area contributed by atoms with Crippen LogP contribution in [-0.2, 0) is 0 Å². The van der Waals surface area contributed by atoms with E-state index in [9.17, 15) is 4.39 Å². The standard InChI is InChI=1S/C29H30FN3O/c1-19-28(20(2)34-25-13-10-23(31)11-14-25)29(21-6-8-22(30)9-7-21)26-18-24(12-15-27(26)32-19)33-16-4-3-5-17-33/h6-15,18,20H,3-5,16-17,31H2,1-2H3. The third-order valence-corrected chi connectivity index (χ3v) is 6.65. The topological polar surface area (TPSA) is 51.4 Å². The van der Waals surface area contributed by atoms with Crippen LogP contribution in [0.1, 0.15) is 43.5 Å². The van der Waals surface area contributed by atoms with Crippen molar-refractivity contribution < 1.29 is 9.13 Å². The first kappa shape index (κ1) is 22.2. The van der Waals surface area contributed by atoms with Gasteiger partial charge in [0.15, 0.2) is 0 Å². The lowest BCUT2D eigenvalue weighted by molar-refractivity contribution is 0.226. The molecule has 0 radical (unpaired) electrons. The van der Waals surface area contributed by atoms with Gasteiger partial charge in [-0.25, -0.2) is 4.39 Å². The fourth-order valence-corrected chi connectivity index (χ4v) is 4.97. The number of anilines is 2. The molecule has 0 saturated carbocycles. The summed E-state index contributed by atoms with van der Waals surface area (Å²) in [5.74, 6) is 0.494. The summed E-state index contributed by atoms with van der Waals surface area (Å²) in [7, 11) is 0. The van der Waals surface area contributed by atoms with Gasteiger partial charge in [-0.1, -0.05) is 12.1 Å². The van der Waals surface area contributed by atoms with Gasteiger partial charge < -0.3 is 15.4 Å².